The second-order valence-corrected chi connectivity index (χ2v) is 4.73. The highest BCUT2D eigenvalue weighted by molar-refractivity contribution is 5.15. The van der Waals surface area contributed by atoms with E-state index < -0.39 is 0 Å². The summed E-state index contributed by atoms with van der Waals surface area (Å²) in [5.74, 6) is 0.992. The zero-order valence-corrected chi connectivity index (χ0v) is 12.0. The van der Waals surface area contributed by atoms with Crippen LogP contribution in [-0.2, 0) is 24.1 Å². The Morgan fingerprint density at radius 3 is 2.85 bits per heavy atom. The fourth-order valence-corrected chi connectivity index (χ4v) is 2.12. The van der Waals surface area contributed by atoms with E-state index in [1.165, 1.54) is 12.0 Å². The molecule has 2 aromatic rings. The van der Waals surface area contributed by atoms with E-state index in [1.807, 2.05) is 6.07 Å². The third-order valence-corrected chi connectivity index (χ3v) is 3.21. The molecule has 1 aromatic heterocycles. The number of hydrogen-bond donors (Lipinski definition) is 1. The van der Waals surface area contributed by atoms with Crippen LogP contribution < -0.4 is 5.32 Å². The van der Waals surface area contributed by atoms with E-state index in [4.69, 9.17) is 9.15 Å². The molecule has 0 atom stereocenters. The molecule has 0 unspecified atom stereocenters. The van der Waals surface area contributed by atoms with Crippen molar-refractivity contribution < 1.29 is 9.15 Å². The van der Waals surface area contributed by atoms with Crippen molar-refractivity contribution in [2.24, 2.45) is 0 Å². The first-order chi connectivity index (χ1) is 9.90. The van der Waals surface area contributed by atoms with E-state index in [0.717, 1.165) is 43.8 Å². The van der Waals surface area contributed by atoms with Gasteiger partial charge in [-0.25, -0.2) is 4.98 Å². The molecule has 0 saturated heterocycles. The van der Waals surface area contributed by atoms with Gasteiger partial charge >= 0.3 is 0 Å². The fraction of sp³-hybridized carbons (Fsp3) is 0.438. The lowest BCUT2D eigenvalue weighted by Crippen LogP contribution is -2.19. The molecule has 0 saturated carbocycles. The lowest BCUT2D eigenvalue weighted by Gasteiger charge is -2.04. The van der Waals surface area contributed by atoms with Gasteiger partial charge in [0, 0.05) is 26.6 Å². The molecule has 0 aliphatic heterocycles. The van der Waals surface area contributed by atoms with Gasteiger partial charge in [-0.05, 0) is 18.4 Å². The van der Waals surface area contributed by atoms with Crippen LogP contribution in [-0.4, -0.2) is 25.2 Å². The van der Waals surface area contributed by atoms with Gasteiger partial charge in [-0.15, -0.1) is 0 Å². The Morgan fingerprint density at radius 2 is 2.05 bits per heavy atom. The molecule has 20 heavy (non-hydrogen) atoms. The highest BCUT2D eigenvalue weighted by Gasteiger charge is 2.07. The summed E-state index contributed by atoms with van der Waals surface area (Å²) in [6, 6.07) is 10.5. The van der Waals surface area contributed by atoms with Gasteiger partial charge in [-0.2, -0.15) is 0 Å². The molecule has 1 aromatic carbocycles. The minimum absolute atomic E-state index is 0.710. The zero-order valence-electron chi connectivity index (χ0n) is 12.0. The number of rotatable bonds is 9. The Morgan fingerprint density at radius 1 is 1.20 bits per heavy atom. The summed E-state index contributed by atoms with van der Waals surface area (Å²) in [5.41, 5.74) is 2.38. The average Bonchev–Trinajstić information content (AvgIpc) is 2.92. The lowest BCUT2D eigenvalue weighted by molar-refractivity contribution is 0.199. The van der Waals surface area contributed by atoms with Gasteiger partial charge in [-0.3, -0.25) is 0 Å². The van der Waals surface area contributed by atoms with Crippen LogP contribution in [0.3, 0.4) is 0 Å². The molecule has 0 fully saturated rings. The molecule has 0 aliphatic carbocycles. The van der Waals surface area contributed by atoms with Crippen LogP contribution in [0.5, 0.6) is 0 Å². The Hall–Kier alpha value is -1.65. The summed E-state index contributed by atoms with van der Waals surface area (Å²) < 4.78 is 10.5. The Kier molecular flexibility index (Phi) is 6.27. The minimum Gasteiger partial charge on any atom is -0.448 e. The van der Waals surface area contributed by atoms with Crippen LogP contribution in [0.15, 0.2) is 41.1 Å². The molecule has 0 aliphatic rings. The minimum atomic E-state index is 0.710. The Labute approximate surface area is 120 Å². The van der Waals surface area contributed by atoms with Gasteiger partial charge in [0.15, 0.2) is 6.39 Å². The highest BCUT2D eigenvalue weighted by Crippen LogP contribution is 2.12. The highest BCUT2D eigenvalue weighted by atomic mass is 16.5. The third kappa shape index (κ3) is 4.79. The van der Waals surface area contributed by atoms with E-state index in [2.05, 4.69) is 34.6 Å². The van der Waals surface area contributed by atoms with Crippen LogP contribution in [0.4, 0.5) is 0 Å². The summed E-state index contributed by atoms with van der Waals surface area (Å²) in [7, 11) is 1.70. The third-order valence-electron chi connectivity index (χ3n) is 3.21. The van der Waals surface area contributed by atoms with Crippen LogP contribution in [0.25, 0.3) is 0 Å². The van der Waals surface area contributed by atoms with Crippen molar-refractivity contribution in [1.29, 1.82) is 0 Å². The van der Waals surface area contributed by atoms with Crippen LogP contribution in [0.1, 0.15) is 23.4 Å². The van der Waals surface area contributed by atoms with Crippen molar-refractivity contribution in [2.75, 3.05) is 20.3 Å². The first kappa shape index (κ1) is 14.8. The molecular formula is C16H22N2O2. The molecule has 0 radical (unpaired) electrons. The van der Waals surface area contributed by atoms with Gasteiger partial charge in [0.05, 0.1) is 12.3 Å². The Bertz CT molecular complexity index is 482. The van der Waals surface area contributed by atoms with Gasteiger partial charge < -0.3 is 14.5 Å². The van der Waals surface area contributed by atoms with Crippen molar-refractivity contribution >= 4 is 0 Å². The normalized spacial score (nSPS) is 10.8. The summed E-state index contributed by atoms with van der Waals surface area (Å²) in [4.78, 5) is 4.27. The molecular weight excluding hydrogens is 252 g/mol. The number of methoxy groups -OCH3 is 1. The average molecular weight is 274 g/mol. The summed E-state index contributed by atoms with van der Waals surface area (Å²) in [6.45, 7) is 2.27. The SMILES string of the molecule is COCCNCc1ncoc1CCCc1ccccc1. The second-order valence-electron chi connectivity index (χ2n) is 4.73. The summed E-state index contributed by atoms with van der Waals surface area (Å²) in [6.07, 6.45) is 4.60. The number of oxazole rings is 1. The number of benzene rings is 1. The summed E-state index contributed by atoms with van der Waals surface area (Å²) >= 11 is 0. The van der Waals surface area contributed by atoms with Gasteiger partial charge in [0.1, 0.15) is 5.76 Å². The fourth-order valence-electron chi connectivity index (χ4n) is 2.12. The van der Waals surface area contributed by atoms with Gasteiger partial charge in [-0.1, -0.05) is 30.3 Å². The van der Waals surface area contributed by atoms with Gasteiger partial charge in [0.2, 0.25) is 0 Å². The van der Waals surface area contributed by atoms with E-state index in [1.54, 1.807) is 7.11 Å². The Balaban J connectivity index is 1.74. The second kappa shape index (κ2) is 8.51. The predicted octanol–water partition coefficient (Wildman–Crippen LogP) is 2.59. The molecule has 2 rings (SSSR count). The largest absolute Gasteiger partial charge is 0.448 e. The van der Waals surface area contributed by atoms with E-state index in [-0.39, 0.29) is 0 Å². The molecule has 4 heteroatoms. The number of nitrogens with one attached hydrogen (secondary N) is 1. The van der Waals surface area contributed by atoms with E-state index in [9.17, 15) is 0 Å². The van der Waals surface area contributed by atoms with Crippen molar-refractivity contribution in [1.82, 2.24) is 10.3 Å². The number of nitrogens with zero attached hydrogens (tertiary/aromatic N) is 1. The van der Waals surface area contributed by atoms with Crippen LogP contribution in [0.2, 0.25) is 0 Å². The smallest absolute Gasteiger partial charge is 0.181 e. The maximum atomic E-state index is 5.48. The number of hydrogen-bond acceptors (Lipinski definition) is 4. The van der Waals surface area contributed by atoms with E-state index >= 15 is 0 Å². The van der Waals surface area contributed by atoms with Crippen LogP contribution in [0, 0.1) is 0 Å². The number of ether oxygens (including phenoxy) is 1. The number of aryl methyl sites for hydroxylation is 2. The molecule has 4 nitrogen and oxygen atoms in total. The van der Waals surface area contributed by atoms with Crippen LogP contribution >= 0.6 is 0 Å². The van der Waals surface area contributed by atoms with Gasteiger partial charge in [0.25, 0.3) is 0 Å². The van der Waals surface area contributed by atoms with Crippen molar-refractivity contribution in [3.8, 4) is 0 Å². The molecule has 0 spiro atoms. The van der Waals surface area contributed by atoms with Crippen molar-refractivity contribution in [3.05, 3.63) is 53.7 Å². The zero-order chi connectivity index (χ0) is 14.0. The van der Waals surface area contributed by atoms with Crippen molar-refractivity contribution in [3.63, 3.8) is 0 Å². The lowest BCUT2D eigenvalue weighted by atomic mass is 10.1. The monoisotopic (exact) mass is 274 g/mol. The van der Waals surface area contributed by atoms with E-state index in [0.29, 0.717) is 6.61 Å². The maximum absolute atomic E-state index is 5.48. The summed E-state index contributed by atoms with van der Waals surface area (Å²) in [5, 5.41) is 3.29. The predicted molar refractivity (Wildman–Crippen MR) is 78.6 cm³/mol. The number of aromatic nitrogens is 1. The first-order valence-electron chi connectivity index (χ1n) is 7.05. The maximum Gasteiger partial charge on any atom is 0.181 e. The standard InChI is InChI=1S/C16H22N2O2/c1-19-11-10-17-12-15-16(20-13-18-15)9-5-8-14-6-3-2-4-7-14/h2-4,6-7,13,17H,5,8-12H2,1H3. The molecule has 0 amide bonds. The first-order valence-corrected chi connectivity index (χ1v) is 7.05. The topological polar surface area (TPSA) is 47.3 Å². The quantitative estimate of drug-likeness (QED) is 0.714. The molecule has 1 heterocycles. The molecule has 108 valence electrons. The van der Waals surface area contributed by atoms with Crippen molar-refractivity contribution in [2.45, 2.75) is 25.8 Å². The molecule has 0 bridgehead atoms. The molecule has 1 N–H and O–H groups in total.